The Kier molecular flexibility index (Phi) is 3.46. The second-order valence-electron chi connectivity index (χ2n) is 5.75. The van der Waals surface area contributed by atoms with Gasteiger partial charge in [0.15, 0.2) is 0 Å². The lowest BCUT2D eigenvalue weighted by molar-refractivity contribution is -0.117. The molecule has 3 aromatic rings. The number of carbonyl (C=O) groups is 1. The molecule has 1 amide bonds. The minimum absolute atomic E-state index is 0.0654. The normalized spacial score (nSPS) is 14.0. The molecule has 0 aliphatic heterocycles. The summed E-state index contributed by atoms with van der Waals surface area (Å²) < 4.78 is 0. The Labute approximate surface area is 138 Å². The first-order chi connectivity index (χ1) is 11.2. The molecule has 1 saturated carbocycles. The lowest BCUT2D eigenvalue weighted by Gasteiger charge is -2.07. The molecule has 1 N–H and O–H groups in total. The maximum Gasteiger partial charge on any atom is 0.228 e. The van der Waals surface area contributed by atoms with Gasteiger partial charge in [-0.05, 0) is 42.0 Å². The van der Waals surface area contributed by atoms with E-state index in [1.807, 2.05) is 24.3 Å². The highest BCUT2D eigenvalue weighted by molar-refractivity contribution is 6.33. The van der Waals surface area contributed by atoms with E-state index in [2.05, 4.69) is 15.3 Å². The van der Waals surface area contributed by atoms with Crippen molar-refractivity contribution in [1.29, 1.82) is 0 Å². The van der Waals surface area contributed by atoms with Gasteiger partial charge in [0.2, 0.25) is 5.91 Å². The molecule has 0 atom stereocenters. The fourth-order valence-electron chi connectivity index (χ4n) is 2.54. The van der Waals surface area contributed by atoms with Crippen LogP contribution >= 0.6 is 11.6 Å². The molecule has 0 radical (unpaired) electrons. The maximum atomic E-state index is 11.8. The van der Waals surface area contributed by atoms with Crippen molar-refractivity contribution in [2.75, 3.05) is 5.32 Å². The highest BCUT2D eigenvalue weighted by Gasteiger charge is 2.29. The van der Waals surface area contributed by atoms with Gasteiger partial charge in [-0.25, -0.2) is 4.98 Å². The van der Waals surface area contributed by atoms with Crippen LogP contribution in [0.1, 0.15) is 12.8 Å². The van der Waals surface area contributed by atoms with Gasteiger partial charge in [-0.1, -0.05) is 23.7 Å². The third kappa shape index (κ3) is 2.90. The Morgan fingerprint density at radius 2 is 2.00 bits per heavy atom. The number of benzene rings is 1. The number of rotatable bonds is 3. The smallest absolute Gasteiger partial charge is 0.228 e. The molecule has 0 bridgehead atoms. The minimum atomic E-state index is 0.0654. The summed E-state index contributed by atoms with van der Waals surface area (Å²) in [4.78, 5) is 20.3. The van der Waals surface area contributed by atoms with E-state index in [1.54, 1.807) is 24.7 Å². The summed E-state index contributed by atoms with van der Waals surface area (Å²) in [7, 11) is 0. The van der Waals surface area contributed by atoms with Gasteiger partial charge in [-0.15, -0.1) is 0 Å². The predicted octanol–water partition coefficient (Wildman–Crippen LogP) is 4.30. The SMILES string of the molecule is O=C(Nc1cc2ccc(-c3cnccc3Cl)cc2cn1)C1CC1. The molecule has 1 aliphatic rings. The molecule has 114 valence electrons. The number of nitrogens with zero attached hydrogens (tertiary/aromatic N) is 2. The van der Waals surface area contributed by atoms with E-state index < -0.39 is 0 Å². The van der Waals surface area contributed by atoms with Crippen LogP contribution in [0.25, 0.3) is 21.9 Å². The van der Waals surface area contributed by atoms with Gasteiger partial charge in [-0.2, -0.15) is 0 Å². The molecule has 2 aromatic heterocycles. The van der Waals surface area contributed by atoms with Crippen molar-refractivity contribution in [3.63, 3.8) is 0 Å². The number of pyridine rings is 2. The van der Waals surface area contributed by atoms with Gasteiger partial charge in [0.25, 0.3) is 0 Å². The van der Waals surface area contributed by atoms with Crippen LogP contribution in [0.2, 0.25) is 5.02 Å². The number of halogens is 1. The van der Waals surface area contributed by atoms with Crippen molar-refractivity contribution in [2.45, 2.75) is 12.8 Å². The molecule has 0 spiro atoms. The molecule has 0 saturated heterocycles. The second kappa shape index (κ2) is 5.63. The number of anilines is 1. The molecule has 1 aliphatic carbocycles. The van der Waals surface area contributed by atoms with Gasteiger partial charge >= 0.3 is 0 Å². The molecule has 0 unspecified atom stereocenters. The topological polar surface area (TPSA) is 54.9 Å². The molecular weight excluding hydrogens is 310 g/mol. The van der Waals surface area contributed by atoms with Crippen LogP contribution in [0.3, 0.4) is 0 Å². The van der Waals surface area contributed by atoms with Crippen molar-refractivity contribution in [1.82, 2.24) is 9.97 Å². The average Bonchev–Trinajstić information content (AvgIpc) is 3.40. The van der Waals surface area contributed by atoms with E-state index in [1.165, 1.54) is 0 Å². The Morgan fingerprint density at radius 1 is 1.13 bits per heavy atom. The van der Waals surface area contributed by atoms with Crippen molar-refractivity contribution < 1.29 is 4.79 Å². The summed E-state index contributed by atoms with van der Waals surface area (Å²) in [5, 5.41) is 5.55. The molecule has 2 heterocycles. The van der Waals surface area contributed by atoms with Gasteiger partial charge in [0.05, 0.1) is 5.02 Å². The van der Waals surface area contributed by atoms with Crippen molar-refractivity contribution in [2.24, 2.45) is 5.92 Å². The Bertz CT molecular complexity index is 906. The number of amides is 1. The van der Waals surface area contributed by atoms with Crippen molar-refractivity contribution in [3.8, 4) is 11.1 Å². The summed E-state index contributed by atoms with van der Waals surface area (Å²) in [5.74, 6) is 0.833. The number of fused-ring (bicyclic) bond motifs is 1. The summed E-state index contributed by atoms with van der Waals surface area (Å²) in [6, 6.07) is 9.69. The molecule has 5 heteroatoms. The molecule has 4 rings (SSSR count). The number of carbonyl (C=O) groups excluding carboxylic acids is 1. The second-order valence-corrected chi connectivity index (χ2v) is 6.16. The fourth-order valence-corrected chi connectivity index (χ4v) is 2.76. The number of hydrogen-bond acceptors (Lipinski definition) is 3. The van der Waals surface area contributed by atoms with Crippen LogP contribution < -0.4 is 5.32 Å². The van der Waals surface area contributed by atoms with Gasteiger partial charge in [0.1, 0.15) is 5.82 Å². The first kappa shape index (κ1) is 14.2. The first-order valence-electron chi connectivity index (χ1n) is 7.51. The summed E-state index contributed by atoms with van der Waals surface area (Å²) in [6.45, 7) is 0. The Hall–Kier alpha value is -2.46. The van der Waals surface area contributed by atoms with E-state index in [-0.39, 0.29) is 11.8 Å². The number of hydrogen-bond donors (Lipinski definition) is 1. The standard InChI is InChI=1S/C18H14ClN3O/c19-16-5-6-20-10-15(16)13-4-3-12-8-17(21-9-14(12)7-13)22-18(23)11-1-2-11/h3-11H,1-2H2,(H,21,22,23). The van der Waals surface area contributed by atoms with Crippen LogP contribution in [0.5, 0.6) is 0 Å². The fraction of sp³-hybridized carbons (Fsp3) is 0.167. The highest BCUT2D eigenvalue weighted by Crippen LogP contribution is 2.31. The minimum Gasteiger partial charge on any atom is -0.310 e. The van der Waals surface area contributed by atoms with E-state index in [9.17, 15) is 4.79 Å². The van der Waals surface area contributed by atoms with Crippen LogP contribution in [-0.4, -0.2) is 15.9 Å². The molecule has 1 fully saturated rings. The largest absolute Gasteiger partial charge is 0.310 e. The summed E-state index contributed by atoms with van der Waals surface area (Å²) in [6.07, 6.45) is 7.15. The zero-order valence-electron chi connectivity index (χ0n) is 12.3. The lowest BCUT2D eigenvalue weighted by atomic mass is 10.0. The van der Waals surface area contributed by atoms with Crippen molar-refractivity contribution in [3.05, 3.63) is 53.9 Å². The van der Waals surface area contributed by atoms with Crippen LogP contribution in [0.15, 0.2) is 48.9 Å². The van der Waals surface area contributed by atoms with Crippen molar-refractivity contribution >= 4 is 34.1 Å². The predicted molar refractivity (Wildman–Crippen MR) is 91.3 cm³/mol. The lowest BCUT2D eigenvalue weighted by Crippen LogP contribution is -2.14. The van der Waals surface area contributed by atoms with E-state index >= 15 is 0 Å². The number of aromatic nitrogens is 2. The first-order valence-corrected chi connectivity index (χ1v) is 7.89. The maximum absolute atomic E-state index is 11.8. The van der Waals surface area contributed by atoms with Crippen LogP contribution in [0, 0.1) is 5.92 Å². The van der Waals surface area contributed by atoms with Gasteiger partial charge in [-0.3, -0.25) is 9.78 Å². The van der Waals surface area contributed by atoms with Gasteiger partial charge in [0, 0.05) is 35.5 Å². The summed E-state index contributed by atoms with van der Waals surface area (Å²) in [5.41, 5.74) is 1.88. The monoisotopic (exact) mass is 323 g/mol. The number of nitrogens with one attached hydrogen (secondary N) is 1. The Balaban J connectivity index is 1.67. The molecule has 4 nitrogen and oxygen atoms in total. The van der Waals surface area contributed by atoms with E-state index in [0.29, 0.717) is 10.8 Å². The third-order valence-electron chi connectivity index (χ3n) is 4.00. The summed E-state index contributed by atoms with van der Waals surface area (Å²) >= 11 is 6.22. The highest BCUT2D eigenvalue weighted by atomic mass is 35.5. The average molecular weight is 324 g/mol. The molecule has 1 aromatic carbocycles. The van der Waals surface area contributed by atoms with E-state index in [4.69, 9.17) is 11.6 Å². The quantitative estimate of drug-likeness (QED) is 0.782. The molecular formula is C18H14ClN3O. The molecule has 23 heavy (non-hydrogen) atoms. The zero-order valence-corrected chi connectivity index (χ0v) is 13.0. The van der Waals surface area contributed by atoms with Crippen LogP contribution in [0.4, 0.5) is 5.82 Å². The zero-order chi connectivity index (χ0) is 15.8. The van der Waals surface area contributed by atoms with E-state index in [0.717, 1.165) is 34.7 Å². The van der Waals surface area contributed by atoms with Gasteiger partial charge < -0.3 is 5.32 Å². The third-order valence-corrected chi connectivity index (χ3v) is 4.33. The van der Waals surface area contributed by atoms with Crippen LogP contribution in [-0.2, 0) is 4.79 Å². The Morgan fingerprint density at radius 3 is 2.78 bits per heavy atom.